The van der Waals surface area contributed by atoms with E-state index in [0.29, 0.717) is 15.8 Å². The van der Waals surface area contributed by atoms with Crippen LogP contribution in [0.4, 0.5) is 0 Å². The second kappa shape index (κ2) is 5.28. The average Bonchev–Trinajstić information content (AvgIpc) is 2.29. The van der Waals surface area contributed by atoms with Crippen LogP contribution in [0.5, 0.6) is 5.75 Å². The molecule has 79 valence electrons. The van der Waals surface area contributed by atoms with Crippen molar-refractivity contribution in [2.45, 2.75) is 0 Å². The van der Waals surface area contributed by atoms with Crippen molar-refractivity contribution in [1.29, 1.82) is 0 Å². The lowest BCUT2D eigenvalue weighted by Crippen LogP contribution is -2.19. The molecule has 4 heteroatoms. The standard InChI is InChI=1S/C12H8BCl2O/c14-10-6-7-12(11(15)8-10)16-13-9-4-2-1-3-5-9/h1-8H. The van der Waals surface area contributed by atoms with Crippen molar-refractivity contribution in [3.63, 3.8) is 0 Å². The van der Waals surface area contributed by atoms with Crippen molar-refractivity contribution >= 4 is 36.1 Å². The van der Waals surface area contributed by atoms with E-state index < -0.39 is 0 Å². The van der Waals surface area contributed by atoms with Gasteiger partial charge in [-0.15, -0.1) is 0 Å². The molecule has 0 spiro atoms. The normalized spacial score (nSPS) is 9.88. The van der Waals surface area contributed by atoms with E-state index in [1.807, 2.05) is 30.3 Å². The van der Waals surface area contributed by atoms with E-state index in [0.717, 1.165) is 5.46 Å². The van der Waals surface area contributed by atoms with E-state index in [1.54, 1.807) is 25.7 Å². The smallest absolute Gasteiger partial charge is 0.408 e. The fourth-order valence-electron chi connectivity index (χ4n) is 1.23. The minimum atomic E-state index is 0.500. The summed E-state index contributed by atoms with van der Waals surface area (Å²) in [5.41, 5.74) is 0.980. The Morgan fingerprint density at radius 1 is 0.938 bits per heavy atom. The molecule has 0 atom stereocenters. The molecule has 0 unspecified atom stereocenters. The quantitative estimate of drug-likeness (QED) is 0.759. The van der Waals surface area contributed by atoms with Gasteiger partial charge in [-0.1, -0.05) is 53.5 Å². The van der Waals surface area contributed by atoms with Gasteiger partial charge in [-0.2, -0.15) is 0 Å². The molecule has 1 radical (unpaired) electrons. The highest BCUT2D eigenvalue weighted by Gasteiger charge is 2.04. The second-order valence-corrected chi connectivity index (χ2v) is 4.06. The summed E-state index contributed by atoms with van der Waals surface area (Å²) < 4.78 is 5.46. The Bertz CT molecular complexity index is 474. The van der Waals surface area contributed by atoms with Crippen LogP contribution in [0.2, 0.25) is 10.0 Å². The molecule has 2 aromatic carbocycles. The highest BCUT2D eigenvalue weighted by molar-refractivity contribution is 6.48. The Kier molecular flexibility index (Phi) is 3.76. The van der Waals surface area contributed by atoms with Crippen molar-refractivity contribution in [3.05, 3.63) is 58.6 Å². The summed E-state index contributed by atoms with van der Waals surface area (Å²) in [6.45, 7) is 0. The van der Waals surface area contributed by atoms with Crippen molar-refractivity contribution in [3.8, 4) is 5.75 Å². The van der Waals surface area contributed by atoms with Gasteiger partial charge in [0.15, 0.2) is 0 Å². The molecule has 0 saturated carbocycles. The number of halogens is 2. The predicted octanol–water partition coefficient (Wildman–Crippen LogP) is 3.32. The lowest BCUT2D eigenvalue weighted by molar-refractivity contribution is 0.605. The van der Waals surface area contributed by atoms with Crippen LogP contribution in [-0.4, -0.2) is 7.48 Å². The molecular formula is C12H8BCl2O. The Hall–Kier alpha value is -1.12. The lowest BCUT2D eigenvalue weighted by Gasteiger charge is -2.07. The first kappa shape index (κ1) is 11.4. The molecule has 1 nitrogen and oxygen atoms in total. The number of hydrogen-bond acceptors (Lipinski definition) is 1. The third kappa shape index (κ3) is 2.94. The molecule has 0 aliphatic carbocycles. The van der Waals surface area contributed by atoms with Crippen LogP contribution in [0.25, 0.3) is 0 Å². The fraction of sp³-hybridized carbons (Fsp3) is 0. The molecule has 0 aromatic heterocycles. The monoisotopic (exact) mass is 249 g/mol. The Morgan fingerprint density at radius 2 is 1.69 bits per heavy atom. The zero-order valence-corrected chi connectivity index (χ0v) is 9.87. The molecule has 2 rings (SSSR count). The Balaban J connectivity index is 2.05. The van der Waals surface area contributed by atoms with Gasteiger partial charge in [0, 0.05) is 5.02 Å². The fourth-order valence-corrected chi connectivity index (χ4v) is 1.69. The maximum Gasteiger partial charge on any atom is 0.408 e. The van der Waals surface area contributed by atoms with E-state index in [9.17, 15) is 0 Å². The van der Waals surface area contributed by atoms with Gasteiger partial charge in [0.05, 0.1) is 5.02 Å². The topological polar surface area (TPSA) is 9.23 Å². The van der Waals surface area contributed by atoms with Gasteiger partial charge in [0.2, 0.25) is 0 Å². The third-order valence-electron chi connectivity index (χ3n) is 2.02. The minimum absolute atomic E-state index is 0.500. The SMILES string of the molecule is Clc1ccc(O[B]c2ccccc2)c(Cl)c1. The van der Waals surface area contributed by atoms with Crippen LogP contribution in [0.1, 0.15) is 0 Å². The van der Waals surface area contributed by atoms with Crippen molar-refractivity contribution < 1.29 is 4.65 Å². The van der Waals surface area contributed by atoms with E-state index >= 15 is 0 Å². The summed E-state index contributed by atoms with van der Waals surface area (Å²) in [7, 11) is 1.65. The van der Waals surface area contributed by atoms with Gasteiger partial charge < -0.3 is 4.65 Å². The van der Waals surface area contributed by atoms with Crippen LogP contribution in [0.3, 0.4) is 0 Å². The maximum absolute atomic E-state index is 5.97. The van der Waals surface area contributed by atoms with Gasteiger partial charge in [0.1, 0.15) is 5.75 Å². The molecule has 0 amide bonds. The zero-order valence-electron chi connectivity index (χ0n) is 8.36. The summed E-state index contributed by atoms with van der Waals surface area (Å²) in [6, 6.07) is 14.9. The highest BCUT2D eigenvalue weighted by atomic mass is 35.5. The molecule has 0 N–H and O–H groups in total. The van der Waals surface area contributed by atoms with Crippen LogP contribution in [0, 0.1) is 0 Å². The van der Waals surface area contributed by atoms with E-state index in [2.05, 4.69) is 0 Å². The molecular weight excluding hydrogens is 242 g/mol. The molecule has 2 aromatic rings. The maximum atomic E-state index is 5.97. The summed E-state index contributed by atoms with van der Waals surface area (Å²) in [5.74, 6) is 0.593. The first-order valence-corrected chi connectivity index (χ1v) is 5.51. The third-order valence-corrected chi connectivity index (χ3v) is 2.55. The van der Waals surface area contributed by atoms with E-state index in [-0.39, 0.29) is 0 Å². The predicted molar refractivity (Wildman–Crippen MR) is 68.9 cm³/mol. The molecule has 0 fully saturated rings. The van der Waals surface area contributed by atoms with E-state index in [4.69, 9.17) is 27.9 Å². The Labute approximate surface area is 105 Å². The minimum Gasteiger partial charge on any atom is -0.557 e. The first-order chi connectivity index (χ1) is 7.75. The lowest BCUT2D eigenvalue weighted by atomic mass is 9.88. The molecule has 0 aliphatic heterocycles. The molecule has 0 heterocycles. The van der Waals surface area contributed by atoms with Gasteiger partial charge in [0.25, 0.3) is 0 Å². The van der Waals surface area contributed by atoms with Crippen LogP contribution < -0.4 is 10.1 Å². The number of rotatable bonds is 3. The molecule has 0 saturated heterocycles. The van der Waals surface area contributed by atoms with E-state index in [1.165, 1.54) is 0 Å². The largest absolute Gasteiger partial charge is 0.557 e. The highest BCUT2D eigenvalue weighted by Crippen LogP contribution is 2.26. The summed E-state index contributed by atoms with van der Waals surface area (Å²) >= 11 is 11.8. The van der Waals surface area contributed by atoms with Crippen molar-refractivity contribution in [1.82, 2.24) is 0 Å². The van der Waals surface area contributed by atoms with Crippen LogP contribution in [-0.2, 0) is 0 Å². The summed E-state index contributed by atoms with van der Waals surface area (Å²) in [4.78, 5) is 0. The summed E-state index contributed by atoms with van der Waals surface area (Å²) in [5, 5.41) is 1.09. The van der Waals surface area contributed by atoms with Gasteiger partial charge in [-0.3, -0.25) is 0 Å². The van der Waals surface area contributed by atoms with Gasteiger partial charge >= 0.3 is 7.48 Å². The summed E-state index contributed by atoms with van der Waals surface area (Å²) in [6.07, 6.45) is 0. The van der Waals surface area contributed by atoms with Crippen LogP contribution in [0.15, 0.2) is 48.5 Å². The Morgan fingerprint density at radius 3 is 2.38 bits per heavy atom. The van der Waals surface area contributed by atoms with Gasteiger partial charge in [-0.05, 0) is 23.7 Å². The number of hydrogen-bond donors (Lipinski definition) is 0. The molecule has 0 aliphatic rings. The molecule has 0 bridgehead atoms. The van der Waals surface area contributed by atoms with Gasteiger partial charge in [-0.25, -0.2) is 0 Å². The van der Waals surface area contributed by atoms with Crippen molar-refractivity contribution in [2.75, 3.05) is 0 Å². The van der Waals surface area contributed by atoms with Crippen molar-refractivity contribution in [2.24, 2.45) is 0 Å². The average molecular weight is 250 g/mol. The van der Waals surface area contributed by atoms with Crippen LogP contribution >= 0.6 is 23.2 Å². The second-order valence-electron chi connectivity index (χ2n) is 3.22. The molecule has 16 heavy (non-hydrogen) atoms. The number of benzene rings is 2. The first-order valence-electron chi connectivity index (χ1n) is 4.76. The zero-order chi connectivity index (χ0) is 11.4.